The van der Waals surface area contributed by atoms with Crippen LogP contribution in [0.1, 0.15) is 10.6 Å². The van der Waals surface area contributed by atoms with E-state index in [-0.39, 0.29) is 11.4 Å². The van der Waals surface area contributed by atoms with Gasteiger partial charge in [-0.1, -0.05) is 42.5 Å². The van der Waals surface area contributed by atoms with Crippen LogP contribution in [0.15, 0.2) is 76.5 Å². The fraction of sp³-hybridized carbons (Fsp3) is 0. The zero-order valence-corrected chi connectivity index (χ0v) is 15.2. The molecule has 0 saturated carbocycles. The molecule has 138 valence electrons. The van der Waals surface area contributed by atoms with E-state index in [1.165, 1.54) is 29.5 Å². The highest BCUT2D eigenvalue weighted by Crippen LogP contribution is 2.27. The van der Waals surface area contributed by atoms with E-state index in [0.717, 1.165) is 11.3 Å². The van der Waals surface area contributed by atoms with Gasteiger partial charge in [0, 0.05) is 28.6 Å². The summed E-state index contributed by atoms with van der Waals surface area (Å²) in [6.07, 6.45) is 0. The predicted octanol–water partition coefficient (Wildman–Crippen LogP) is 5.23. The molecule has 0 atom stereocenters. The molecule has 0 aliphatic carbocycles. The number of rotatable bonds is 5. The molecule has 0 aliphatic heterocycles. The summed E-state index contributed by atoms with van der Waals surface area (Å²) in [5.41, 5.74) is 2.22. The molecule has 2 aromatic heterocycles. The fourth-order valence-electron chi connectivity index (χ4n) is 2.62. The molecule has 7 nitrogen and oxygen atoms in total. The van der Waals surface area contributed by atoms with Crippen LogP contribution in [0, 0.1) is 10.1 Å². The summed E-state index contributed by atoms with van der Waals surface area (Å²) in [6.45, 7) is 0. The van der Waals surface area contributed by atoms with E-state index in [1.807, 2.05) is 35.7 Å². The molecule has 4 rings (SSSR count). The quantitative estimate of drug-likeness (QED) is 0.371. The van der Waals surface area contributed by atoms with Crippen LogP contribution in [0.3, 0.4) is 0 Å². The lowest BCUT2D eigenvalue weighted by Crippen LogP contribution is -2.10. The number of non-ortho nitro benzene ring substituents is 1. The summed E-state index contributed by atoms with van der Waals surface area (Å²) in [4.78, 5) is 27.3. The van der Waals surface area contributed by atoms with Gasteiger partial charge in [0.15, 0.2) is 10.9 Å². The van der Waals surface area contributed by atoms with Crippen molar-refractivity contribution >= 4 is 28.1 Å². The third kappa shape index (κ3) is 3.67. The summed E-state index contributed by atoms with van der Waals surface area (Å²) in [7, 11) is 0. The highest BCUT2D eigenvalue weighted by molar-refractivity contribution is 7.14. The molecule has 28 heavy (non-hydrogen) atoms. The van der Waals surface area contributed by atoms with Gasteiger partial charge in [-0.25, -0.2) is 4.98 Å². The second kappa shape index (κ2) is 7.45. The number of amides is 1. The zero-order chi connectivity index (χ0) is 19.5. The van der Waals surface area contributed by atoms with Crippen molar-refractivity contribution < 1.29 is 14.1 Å². The molecule has 0 saturated heterocycles. The fourth-order valence-corrected chi connectivity index (χ4v) is 3.33. The van der Waals surface area contributed by atoms with Crippen molar-refractivity contribution in [1.29, 1.82) is 0 Å². The van der Waals surface area contributed by atoms with E-state index >= 15 is 0 Å². The summed E-state index contributed by atoms with van der Waals surface area (Å²) in [6, 6.07) is 18.8. The molecule has 2 aromatic carbocycles. The van der Waals surface area contributed by atoms with Gasteiger partial charge in [0.25, 0.3) is 11.6 Å². The van der Waals surface area contributed by atoms with Gasteiger partial charge in [-0.15, -0.1) is 11.3 Å². The second-order valence-corrected chi connectivity index (χ2v) is 6.69. The number of carbonyl (C=O) groups is 1. The van der Waals surface area contributed by atoms with Crippen LogP contribution in [0.25, 0.3) is 22.6 Å². The predicted molar refractivity (Wildman–Crippen MR) is 106 cm³/mol. The number of nitrogens with one attached hydrogen (secondary N) is 1. The second-order valence-electron chi connectivity index (χ2n) is 5.83. The molecule has 0 fully saturated rings. The third-order valence-electron chi connectivity index (χ3n) is 3.97. The van der Waals surface area contributed by atoms with Gasteiger partial charge in [0.05, 0.1) is 10.6 Å². The van der Waals surface area contributed by atoms with Crippen molar-refractivity contribution in [2.24, 2.45) is 0 Å². The van der Waals surface area contributed by atoms with Crippen molar-refractivity contribution in [3.8, 4) is 22.6 Å². The number of nitrogens with zero attached hydrogens (tertiary/aromatic N) is 2. The van der Waals surface area contributed by atoms with Crippen LogP contribution < -0.4 is 5.32 Å². The molecule has 2 heterocycles. The minimum Gasteiger partial charge on any atom is -0.451 e. The Morgan fingerprint density at radius 2 is 1.82 bits per heavy atom. The van der Waals surface area contributed by atoms with Crippen molar-refractivity contribution in [1.82, 2.24) is 4.98 Å². The summed E-state index contributed by atoms with van der Waals surface area (Å²) >= 11 is 1.32. The number of carbonyl (C=O) groups excluding carboxylic acids is 1. The van der Waals surface area contributed by atoms with Crippen LogP contribution in [0.2, 0.25) is 0 Å². The van der Waals surface area contributed by atoms with Crippen molar-refractivity contribution in [3.05, 3.63) is 88.0 Å². The summed E-state index contributed by atoms with van der Waals surface area (Å²) < 4.78 is 5.57. The van der Waals surface area contributed by atoms with Crippen LogP contribution in [-0.4, -0.2) is 15.8 Å². The van der Waals surface area contributed by atoms with E-state index in [1.54, 1.807) is 18.2 Å². The van der Waals surface area contributed by atoms with Gasteiger partial charge in [-0.3, -0.25) is 20.2 Å². The molecule has 0 unspecified atom stereocenters. The number of nitro groups is 1. The smallest absolute Gasteiger partial charge is 0.293 e. The first-order chi connectivity index (χ1) is 13.6. The molecule has 4 aromatic rings. The zero-order valence-electron chi connectivity index (χ0n) is 14.4. The van der Waals surface area contributed by atoms with Gasteiger partial charge in [-0.05, 0) is 12.1 Å². The monoisotopic (exact) mass is 391 g/mol. The Labute approximate surface area is 163 Å². The Bertz CT molecular complexity index is 1150. The van der Waals surface area contributed by atoms with E-state index in [2.05, 4.69) is 10.3 Å². The average Bonchev–Trinajstić information content (AvgIpc) is 3.39. The summed E-state index contributed by atoms with van der Waals surface area (Å²) in [5, 5.41) is 15.9. The third-order valence-corrected chi connectivity index (χ3v) is 4.72. The van der Waals surface area contributed by atoms with Gasteiger partial charge in [0.1, 0.15) is 5.76 Å². The van der Waals surface area contributed by atoms with Gasteiger partial charge in [-0.2, -0.15) is 0 Å². The molecule has 8 heteroatoms. The average molecular weight is 391 g/mol. The molecule has 0 bridgehead atoms. The molecule has 1 N–H and O–H groups in total. The lowest BCUT2D eigenvalue weighted by Gasteiger charge is -1.99. The number of hydrogen-bond acceptors (Lipinski definition) is 6. The number of anilines is 1. The summed E-state index contributed by atoms with van der Waals surface area (Å²) in [5.74, 6) is 0.0292. The Balaban J connectivity index is 1.50. The van der Waals surface area contributed by atoms with Crippen LogP contribution in [0.4, 0.5) is 10.8 Å². The first-order valence-corrected chi connectivity index (χ1v) is 9.15. The Kier molecular flexibility index (Phi) is 4.69. The number of aromatic nitrogens is 1. The Hall–Kier alpha value is -3.78. The largest absolute Gasteiger partial charge is 0.451 e. The van der Waals surface area contributed by atoms with E-state index in [4.69, 9.17) is 4.42 Å². The first-order valence-electron chi connectivity index (χ1n) is 8.27. The highest BCUT2D eigenvalue weighted by Gasteiger charge is 2.16. The number of nitro benzene ring substituents is 1. The first kappa shape index (κ1) is 17.6. The maximum atomic E-state index is 12.4. The SMILES string of the molecule is O=C(Nc1nc(-c2ccccc2)cs1)c1ccc(-c2cccc([N+](=O)[O-])c2)o1. The van der Waals surface area contributed by atoms with Crippen LogP contribution in [0.5, 0.6) is 0 Å². The molecule has 0 aliphatic rings. The van der Waals surface area contributed by atoms with Crippen molar-refractivity contribution in [2.45, 2.75) is 0 Å². The minimum atomic E-state index is -0.479. The molecular formula is C20H13N3O4S. The normalized spacial score (nSPS) is 10.6. The molecule has 1 amide bonds. The molecule has 0 radical (unpaired) electrons. The number of furan rings is 1. The van der Waals surface area contributed by atoms with Crippen LogP contribution in [-0.2, 0) is 0 Å². The van der Waals surface area contributed by atoms with E-state index in [9.17, 15) is 14.9 Å². The number of thiazole rings is 1. The highest BCUT2D eigenvalue weighted by atomic mass is 32.1. The van der Waals surface area contributed by atoms with E-state index < -0.39 is 10.8 Å². The van der Waals surface area contributed by atoms with Crippen molar-refractivity contribution in [3.63, 3.8) is 0 Å². The van der Waals surface area contributed by atoms with Gasteiger partial charge in [0.2, 0.25) is 0 Å². The maximum absolute atomic E-state index is 12.4. The Morgan fingerprint density at radius 1 is 1.04 bits per heavy atom. The standard InChI is InChI=1S/C20H13N3O4S/c24-19(22-20-21-16(12-28-20)13-5-2-1-3-6-13)18-10-9-17(27-18)14-7-4-8-15(11-14)23(25)26/h1-12H,(H,21,22,24). The Morgan fingerprint density at radius 3 is 2.61 bits per heavy atom. The molecular weight excluding hydrogens is 378 g/mol. The lowest BCUT2D eigenvalue weighted by atomic mass is 10.1. The number of hydrogen-bond donors (Lipinski definition) is 1. The van der Waals surface area contributed by atoms with E-state index in [0.29, 0.717) is 16.5 Å². The van der Waals surface area contributed by atoms with Crippen LogP contribution >= 0.6 is 11.3 Å². The van der Waals surface area contributed by atoms with Gasteiger partial charge < -0.3 is 4.42 Å². The van der Waals surface area contributed by atoms with Gasteiger partial charge >= 0.3 is 0 Å². The van der Waals surface area contributed by atoms with Crippen molar-refractivity contribution in [2.75, 3.05) is 5.32 Å². The lowest BCUT2D eigenvalue weighted by molar-refractivity contribution is -0.384. The molecule has 0 spiro atoms. The topological polar surface area (TPSA) is 98.3 Å². The maximum Gasteiger partial charge on any atom is 0.293 e. The number of benzene rings is 2. The minimum absolute atomic E-state index is 0.0453.